The number of aldehydes is 1. The lowest BCUT2D eigenvalue weighted by atomic mass is 10.2. The molecule has 0 saturated carbocycles. The number of nitrogens with zero attached hydrogens (tertiary/aromatic N) is 2. The molecule has 4 heteroatoms. The lowest BCUT2D eigenvalue weighted by molar-refractivity contribution is 0.112. The lowest BCUT2D eigenvalue weighted by Gasteiger charge is -2.05. The van der Waals surface area contributed by atoms with Crippen molar-refractivity contribution in [2.75, 3.05) is 7.11 Å². The monoisotopic (exact) mass is 266 g/mol. The SMILES string of the molecule is COc1cccc(-c2nc(C=O)c3c(C)cccn23)c1. The summed E-state index contributed by atoms with van der Waals surface area (Å²) in [6, 6.07) is 11.6. The van der Waals surface area contributed by atoms with Gasteiger partial charge in [-0.2, -0.15) is 0 Å². The molecule has 20 heavy (non-hydrogen) atoms. The zero-order valence-corrected chi connectivity index (χ0v) is 11.3. The standard InChI is InChI=1S/C16H14N2O2/c1-11-5-4-8-18-15(11)14(10-19)17-16(18)12-6-3-7-13(9-12)20-2/h3-10H,1-2H3. The molecule has 0 unspecified atom stereocenters. The van der Waals surface area contributed by atoms with E-state index in [1.54, 1.807) is 7.11 Å². The van der Waals surface area contributed by atoms with Crippen molar-refractivity contribution in [3.63, 3.8) is 0 Å². The van der Waals surface area contributed by atoms with Gasteiger partial charge in [-0.05, 0) is 30.7 Å². The van der Waals surface area contributed by atoms with Crippen LogP contribution < -0.4 is 4.74 Å². The van der Waals surface area contributed by atoms with Crippen molar-refractivity contribution in [3.05, 3.63) is 53.9 Å². The second-order valence-electron chi connectivity index (χ2n) is 4.58. The molecule has 0 aliphatic carbocycles. The number of methoxy groups -OCH3 is 1. The summed E-state index contributed by atoms with van der Waals surface area (Å²) >= 11 is 0. The highest BCUT2D eigenvalue weighted by molar-refractivity contribution is 5.87. The van der Waals surface area contributed by atoms with Gasteiger partial charge in [0.25, 0.3) is 0 Å². The second-order valence-corrected chi connectivity index (χ2v) is 4.58. The molecule has 0 spiro atoms. The third-order valence-electron chi connectivity index (χ3n) is 3.33. The fourth-order valence-electron chi connectivity index (χ4n) is 2.39. The van der Waals surface area contributed by atoms with Crippen LogP contribution in [-0.2, 0) is 0 Å². The second kappa shape index (κ2) is 4.81. The Morgan fingerprint density at radius 1 is 1.25 bits per heavy atom. The maximum Gasteiger partial charge on any atom is 0.170 e. The van der Waals surface area contributed by atoms with Crippen molar-refractivity contribution >= 4 is 11.8 Å². The number of aromatic nitrogens is 2. The molecule has 0 atom stereocenters. The van der Waals surface area contributed by atoms with Crippen LogP contribution in [0.25, 0.3) is 16.9 Å². The molecule has 0 bridgehead atoms. The van der Waals surface area contributed by atoms with Gasteiger partial charge in [0.1, 0.15) is 17.3 Å². The fourth-order valence-corrected chi connectivity index (χ4v) is 2.39. The highest BCUT2D eigenvalue weighted by atomic mass is 16.5. The number of imidazole rings is 1. The molecule has 0 amide bonds. The summed E-state index contributed by atoms with van der Waals surface area (Å²) in [4.78, 5) is 15.7. The highest BCUT2D eigenvalue weighted by Crippen LogP contribution is 2.26. The molecule has 0 fully saturated rings. The van der Waals surface area contributed by atoms with E-state index in [0.717, 1.165) is 34.5 Å². The van der Waals surface area contributed by atoms with E-state index < -0.39 is 0 Å². The van der Waals surface area contributed by atoms with Crippen LogP contribution in [0, 0.1) is 6.92 Å². The first kappa shape index (κ1) is 12.4. The van der Waals surface area contributed by atoms with E-state index >= 15 is 0 Å². The van der Waals surface area contributed by atoms with Gasteiger partial charge in [0.05, 0.1) is 12.6 Å². The molecule has 0 radical (unpaired) electrons. The van der Waals surface area contributed by atoms with E-state index in [0.29, 0.717) is 5.69 Å². The van der Waals surface area contributed by atoms with Crippen LogP contribution in [0.1, 0.15) is 16.1 Å². The van der Waals surface area contributed by atoms with E-state index in [2.05, 4.69) is 4.98 Å². The summed E-state index contributed by atoms with van der Waals surface area (Å²) in [6.45, 7) is 1.97. The quantitative estimate of drug-likeness (QED) is 0.684. The summed E-state index contributed by atoms with van der Waals surface area (Å²) in [6.07, 6.45) is 2.71. The first-order chi connectivity index (χ1) is 9.74. The number of carbonyl (C=O) groups excluding carboxylic acids is 1. The molecular formula is C16H14N2O2. The Morgan fingerprint density at radius 2 is 2.10 bits per heavy atom. The number of aryl methyl sites for hydroxylation is 1. The molecular weight excluding hydrogens is 252 g/mol. The van der Waals surface area contributed by atoms with Crippen molar-refractivity contribution in [1.29, 1.82) is 0 Å². The number of pyridine rings is 1. The Kier molecular flexibility index (Phi) is 2.99. The third kappa shape index (κ3) is 1.86. The Hall–Kier alpha value is -2.62. The van der Waals surface area contributed by atoms with Crippen molar-refractivity contribution in [2.45, 2.75) is 6.92 Å². The van der Waals surface area contributed by atoms with Gasteiger partial charge in [0.15, 0.2) is 6.29 Å². The molecule has 3 rings (SSSR count). The number of hydrogen-bond donors (Lipinski definition) is 0. The largest absolute Gasteiger partial charge is 0.497 e. The summed E-state index contributed by atoms with van der Waals surface area (Å²) < 4.78 is 7.18. The van der Waals surface area contributed by atoms with Crippen LogP contribution in [0.4, 0.5) is 0 Å². The Bertz CT molecular complexity index is 790. The molecule has 0 aliphatic rings. The maximum absolute atomic E-state index is 11.2. The predicted molar refractivity (Wildman–Crippen MR) is 77.3 cm³/mol. The van der Waals surface area contributed by atoms with Crippen molar-refractivity contribution in [3.8, 4) is 17.1 Å². The van der Waals surface area contributed by atoms with Crippen LogP contribution in [-0.4, -0.2) is 22.8 Å². The molecule has 2 heterocycles. The van der Waals surface area contributed by atoms with Gasteiger partial charge in [-0.3, -0.25) is 9.20 Å². The smallest absolute Gasteiger partial charge is 0.170 e. The van der Waals surface area contributed by atoms with Crippen LogP contribution in [0.2, 0.25) is 0 Å². The van der Waals surface area contributed by atoms with Crippen molar-refractivity contribution in [1.82, 2.24) is 9.38 Å². The van der Waals surface area contributed by atoms with Crippen LogP contribution in [0.15, 0.2) is 42.6 Å². The van der Waals surface area contributed by atoms with Gasteiger partial charge in [-0.1, -0.05) is 18.2 Å². The van der Waals surface area contributed by atoms with Crippen molar-refractivity contribution < 1.29 is 9.53 Å². The number of carbonyl (C=O) groups is 1. The summed E-state index contributed by atoms with van der Waals surface area (Å²) in [5.74, 6) is 1.50. The first-order valence-corrected chi connectivity index (χ1v) is 6.32. The van der Waals surface area contributed by atoms with Gasteiger partial charge in [0, 0.05) is 11.8 Å². The van der Waals surface area contributed by atoms with E-state index in [-0.39, 0.29) is 0 Å². The summed E-state index contributed by atoms with van der Waals surface area (Å²) in [5, 5.41) is 0. The van der Waals surface area contributed by atoms with Crippen LogP contribution in [0.5, 0.6) is 5.75 Å². The number of hydrogen-bond acceptors (Lipinski definition) is 3. The molecule has 0 saturated heterocycles. The van der Waals surface area contributed by atoms with Gasteiger partial charge in [0.2, 0.25) is 0 Å². The molecule has 2 aromatic heterocycles. The molecule has 3 aromatic rings. The average molecular weight is 266 g/mol. The highest BCUT2D eigenvalue weighted by Gasteiger charge is 2.14. The van der Waals surface area contributed by atoms with Gasteiger partial charge in [-0.15, -0.1) is 0 Å². The fraction of sp³-hybridized carbons (Fsp3) is 0.125. The first-order valence-electron chi connectivity index (χ1n) is 6.32. The Labute approximate surface area is 116 Å². The van der Waals surface area contributed by atoms with Crippen molar-refractivity contribution in [2.24, 2.45) is 0 Å². The predicted octanol–water partition coefficient (Wildman–Crippen LogP) is 3.13. The zero-order chi connectivity index (χ0) is 14.1. The van der Waals surface area contributed by atoms with E-state index in [1.807, 2.05) is 53.9 Å². The Morgan fingerprint density at radius 3 is 2.85 bits per heavy atom. The molecule has 1 aromatic carbocycles. The van der Waals surface area contributed by atoms with E-state index in [9.17, 15) is 4.79 Å². The van der Waals surface area contributed by atoms with E-state index in [1.165, 1.54) is 0 Å². The third-order valence-corrected chi connectivity index (χ3v) is 3.33. The topological polar surface area (TPSA) is 43.6 Å². The Balaban J connectivity index is 2.31. The summed E-state index contributed by atoms with van der Waals surface area (Å²) in [7, 11) is 1.63. The minimum absolute atomic E-state index is 0.459. The molecule has 0 aliphatic heterocycles. The number of ether oxygens (including phenoxy) is 1. The van der Waals surface area contributed by atoms with Crippen LogP contribution in [0.3, 0.4) is 0 Å². The van der Waals surface area contributed by atoms with Crippen LogP contribution >= 0.6 is 0 Å². The number of fused-ring (bicyclic) bond motifs is 1. The van der Waals surface area contributed by atoms with Gasteiger partial charge >= 0.3 is 0 Å². The van der Waals surface area contributed by atoms with Gasteiger partial charge < -0.3 is 4.74 Å². The normalized spacial score (nSPS) is 10.7. The van der Waals surface area contributed by atoms with E-state index in [4.69, 9.17) is 4.74 Å². The molecule has 4 nitrogen and oxygen atoms in total. The molecule has 0 N–H and O–H groups in total. The van der Waals surface area contributed by atoms with Gasteiger partial charge in [-0.25, -0.2) is 4.98 Å². The number of benzene rings is 1. The minimum Gasteiger partial charge on any atom is -0.497 e. The summed E-state index contributed by atoms with van der Waals surface area (Å²) in [5.41, 5.74) is 3.25. The number of rotatable bonds is 3. The average Bonchev–Trinajstić information content (AvgIpc) is 2.87. The minimum atomic E-state index is 0.459. The zero-order valence-electron chi connectivity index (χ0n) is 11.3. The molecule has 100 valence electrons. The maximum atomic E-state index is 11.2. The lowest BCUT2D eigenvalue weighted by Crippen LogP contribution is -1.91.